The van der Waals surface area contributed by atoms with Crippen LogP contribution in [0.25, 0.3) is 0 Å². The highest BCUT2D eigenvalue weighted by Gasteiger charge is 2.28. The number of anilines is 1. The van der Waals surface area contributed by atoms with Crippen LogP contribution in [0.1, 0.15) is 11.1 Å². The molecule has 26 heavy (non-hydrogen) atoms. The lowest BCUT2D eigenvalue weighted by molar-refractivity contribution is 0.184. The molecule has 6 nitrogen and oxygen atoms in total. The maximum absolute atomic E-state index is 12.6. The van der Waals surface area contributed by atoms with Gasteiger partial charge in [0.2, 0.25) is 10.0 Å². The van der Waals surface area contributed by atoms with Gasteiger partial charge in [-0.05, 0) is 30.2 Å². The van der Waals surface area contributed by atoms with Gasteiger partial charge >= 0.3 is 6.03 Å². The molecule has 3 rings (SSSR count). The maximum atomic E-state index is 12.6. The molecule has 0 atom stereocenters. The van der Waals surface area contributed by atoms with Gasteiger partial charge in [-0.3, -0.25) is 0 Å². The predicted octanol–water partition coefficient (Wildman–Crippen LogP) is 2.67. The highest BCUT2D eigenvalue weighted by molar-refractivity contribution is 7.88. The summed E-state index contributed by atoms with van der Waals surface area (Å²) in [5, 5.41) is 2.86. The summed E-state index contributed by atoms with van der Waals surface area (Å²) in [5.41, 5.74) is 2.58. The van der Waals surface area contributed by atoms with Crippen molar-refractivity contribution in [1.82, 2.24) is 9.21 Å². The first-order valence-electron chi connectivity index (χ1n) is 8.58. The topological polar surface area (TPSA) is 69.7 Å². The molecule has 0 saturated carbocycles. The molecule has 1 aliphatic rings. The predicted molar refractivity (Wildman–Crippen MR) is 102 cm³/mol. The van der Waals surface area contributed by atoms with Crippen molar-refractivity contribution in [2.45, 2.75) is 12.7 Å². The number of sulfonamides is 1. The molecule has 0 radical (unpaired) electrons. The van der Waals surface area contributed by atoms with Gasteiger partial charge in [0.15, 0.2) is 0 Å². The highest BCUT2D eigenvalue weighted by atomic mass is 32.2. The minimum absolute atomic E-state index is 0.0106. The molecule has 138 valence electrons. The van der Waals surface area contributed by atoms with Gasteiger partial charge in [0, 0.05) is 31.9 Å². The van der Waals surface area contributed by atoms with Gasteiger partial charge in [-0.1, -0.05) is 42.5 Å². The quantitative estimate of drug-likeness (QED) is 0.896. The maximum Gasteiger partial charge on any atom is 0.321 e. The second-order valence-electron chi connectivity index (χ2n) is 6.43. The zero-order chi connectivity index (χ0) is 18.6. The zero-order valence-corrected chi connectivity index (χ0v) is 15.6. The molecule has 0 aromatic heterocycles. The van der Waals surface area contributed by atoms with Crippen molar-refractivity contribution >= 4 is 21.7 Å². The monoisotopic (exact) mass is 373 g/mol. The van der Waals surface area contributed by atoms with Crippen molar-refractivity contribution < 1.29 is 13.2 Å². The second-order valence-corrected chi connectivity index (χ2v) is 8.40. The number of nitrogens with zero attached hydrogens (tertiary/aromatic N) is 2. The normalized spacial score (nSPS) is 15.7. The van der Waals surface area contributed by atoms with Crippen molar-refractivity contribution in [3.63, 3.8) is 0 Å². The summed E-state index contributed by atoms with van der Waals surface area (Å²) in [6.45, 7) is 3.36. The Morgan fingerprint density at radius 2 is 1.69 bits per heavy atom. The molecule has 0 aliphatic carbocycles. The summed E-state index contributed by atoms with van der Waals surface area (Å²) in [6.07, 6.45) is 0. The van der Waals surface area contributed by atoms with Crippen molar-refractivity contribution in [1.29, 1.82) is 0 Å². The number of benzene rings is 2. The Morgan fingerprint density at radius 1 is 1.00 bits per heavy atom. The van der Waals surface area contributed by atoms with Crippen LogP contribution < -0.4 is 5.32 Å². The molecule has 0 bridgehead atoms. The summed E-state index contributed by atoms with van der Waals surface area (Å²) in [7, 11) is -3.38. The van der Waals surface area contributed by atoms with E-state index in [2.05, 4.69) is 5.32 Å². The van der Waals surface area contributed by atoms with Gasteiger partial charge in [0.25, 0.3) is 0 Å². The van der Waals surface area contributed by atoms with E-state index in [4.69, 9.17) is 0 Å². The van der Waals surface area contributed by atoms with Gasteiger partial charge in [-0.25, -0.2) is 13.2 Å². The Morgan fingerprint density at radius 3 is 2.35 bits per heavy atom. The minimum Gasteiger partial charge on any atom is -0.322 e. The van der Waals surface area contributed by atoms with E-state index in [0.717, 1.165) is 16.8 Å². The SMILES string of the molecule is Cc1cccc(NC(=O)N2CCN(S(=O)(=O)Cc3ccccc3)CC2)c1. The number of nitrogens with one attached hydrogen (secondary N) is 1. The van der Waals surface area contributed by atoms with E-state index in [1.807, 2.05) is 61.5 Å². The first-order chi connectivity index (χ1) is 12.4. The Balaban J connectivity index is 1.55. The molecule has 1 heterocycles. The fourth-order valence-electron chi connectivity index (χ4n) is 2.97. The average molecular weight is 373 g/mol. The first kappa shape index (κ1) is 18.4. The summed E-state index contributed by atoms with van der Waals surface area (Å²) >= 11 is 0. The van der Waals surface area contributed by atoms with E-state index < -0.39 is 10.0 Å². The lowest BCUT2D eigenvalue weighted by atomic mass is 10.2. The largest absolute Gasteiger partial charge is 0.322 e. The average Bonchev–Trinajstić information content (AvgIpc) is 2.62. The molecule has 1 saturated heterocycles. The molecule has 1 aliphatic heterocycles. The van der Waals surface area contributed by atoms with E-state index in [1.165, 1.54) is 4.31 Å². The third kappa shape index (κ3) is 4.62. The van der Waals surface area contributed by atoms with Crippen LogP contribution in [0.2, 0.25) is 0 Å². The standard InChI is InChI=1S/C19H23N3O3S/c1-16-6-5-9-18(14-16)20-19(23)21-10-12-22(13-11-21)26(24,25)15-17-7-3-2-4-8-17/h2-9,14H,10-13,15H2,1H3,(H,20,23). The Kier molecular flexibility index (Phi) is 5.58. The molecule has 1 fully saturated rings. The van der Waals surface area contributed by atoms with Crippen LogP contribution in [0.3, 0.4) is 0 Å². The van der Waals surface area contributed by atoms with Gasteiger partial charge in [-0.2, -0.15) is 4.31 Å². The molecule has 0 unspecified atom stereocenters. The third-order valence-corrected chi connectivity index (χ3v) is 6.23. The van der Waals surface area contributed by atoms with E-state index in [-0.39, 0.29) is 11.8 Å². The van der Waals surface area contributed by atoms with E-state index in [9.17, 15) is 13.2 Å². The molecule has 7 heteroatoms. The fourth-order valence-corrected chi connectivity index (χ4v) is 4.49. The molecule has 1 N–H and O–H groups in total. The summed E-state index contributed by atoms with van der Waals surface area (Å²) in [5.74, 6) is -0.0106. The van der Waals surface area contributed by atoms with Crippen molar-refractivity contribution in [3.05, 3.63) is 65.7 Å². The summed E-state index contributed by atoms with van der Waals surface area (Å²) in [4.78, 5) is 14.0. The second kappa shape index (κ2) is 7.88. The number of carbonyl (C=O) groups is 1. The number of rotatable bonds is 4. The Bertz CT molecular complexity index is 861. The molecule has 2 aromatic carbocycles. The fraction of sp³-hybridized carbons (Fsp3) is 0.316. The molecule has 2 amide bonds. The van der Waals surface area contributed by atoms with E-state index >= 15 is 0 Å². The molecular weight excluding hydrogens is 350 g/mol. The number of aryl methyl sites for hydroxylation is 1. The van der Waals surface area contributed by atoms with Crippen molar-refractivity contribution in [2.24, 2.45) is 0 Å². The van der Waals surface area contributed by atoms with Gasteiger partial charge in [-0.15, -0.1) is 0 Å². The third-order valence-electron chi connectivity index (χ3n) is 4.38. The molecule has 0 spiro atoms. The number of carbonyl (C=O) groups excluding carboxylic acids is 1. The van der Waals surface area contributed by atoms with E-state index in [0.29, 0.717) is 26.2 Å². The van der Waals surface area contributed by atoms with Crippen LogP contribution in [-0.4, -0.2) is 49.8 Å². The van der Waals surface area contributed by atoms with Crippen molar-refractivity contribution in [2.75, 3.05) is 31.5 Å². The lowest BCUT2D eigenvalue weighted by Crippen LogP contribution is -2.51. The van der Waals surface area contributed by atoms with Crippen LogP contribution in [-0.2, 0) is 15.8 Å². The summed E-state index contributed by atoms with van der Waals surface area (Å²) in [6, 6.07) is 16.5. The number of piperazine rings is 1. The Hall–Kier alpha value is -2.38. The highest BCUT2D eigenvalue weighted by Crippen LogP contribution is 2.15. The smallest absolute Gasteiger partial charge is 0.321 e. The van der Waals surface area contributed by atoms with Gasteiger partial charge in [0.1, 0.15) is 0 Å². The van der Waals surface area contributed by atoms with Gasteiger partial charge < -0.3 is 10.2 Å². The minimum atomic E-state index is -3.38. The number of hydrogen-bond acceptors (Lipinski definition) is 3. The van der Waals surface area contributed by atoms with E-state index in [1.54, 1.807) is 4.90 Å². The zero-order valence-electron chi connectivity index (χ0n) is 14.8. The molecule has 2 aromatic rings. The van der Waals surface area contributed by atoms with Crippen LogP contribution in [0.15, 0.2) is 54.6 Å². The van der Waals surface area contributed by atoms with Crippen LogP contribution in [0, 0.1) is 6.92 Å². The number of urea groups is 1. The first-order valence-corrected chi connectivity index (χ1v) is 10.2. The Labute approximate surface area is 154 Å². The summed E-state index contributed by atoms with van der Waals surface area (Å²) < 4.78 is 26.6. The molecular formula is C19H23N3O3S. The number of hydrogen-bond donors (Lipinski definition) is 1. The lowest BCUT2D eigenvalue weighted by Gasteiger charge is -2.34. The van der Waals surface area contributed by atoms with Crippen LogP contribution in [0.5, 0.6) is 0 Å². The van der Waals surface area contributed by atoms with Crippen LogP contribution >= 0.6 is 0 Å². The van der Waals surface area contributed by atoms with Crippen molar-refractivity contribution in [3.8, 4) is 0 Å². The number of amides is 2. The van der Waals surface area contributed by atoms with Crippen LogP contribution in [0.4, 0.5) is 10.5 Å². The van der Waals surface area contributed by atoms with Gasteiger partial charge in [0.05, 0.1) is 5.75 Å².